The van der Waals surface area contributed by atoms with Crippen LogP contribution < -0.4 is 0 Å². The van der Waals surface area contributed by atoms with Gasteiger partial charge in [0.05, 0.1) is 0 Å². The number of benzene rings is 2. The molecular weight excluding hydrogens is 379 g/mol. The van der Waals surface area contributed by atoms with Gasteiger partial charge in [0.25, 0.3) is 5.91 Å². The predicted octanol–water partition coefficient (Wildman–Crippen LogP) is 4.77. The molecule has 2 fully saturated rings. The van der Waals surface area contributed by atoms with Crippen LogP contribution in [0.25, 0.3) is 0 Å². The Labute approximate surface area is 177 Å². The molecule has 1 aliphatic heterocycles. The molecule has 0 aromatic heterocycles. The van der Waals surface area contributed by atoms with E-state index in [9.17, 15) is 14.0 Å². The quantitative estimate of drug-likeness (QED) is 0.684. The lowest BCUT2D eigenvalue weighted by atomic mass is 9.97. The molecule has 0 N–H and O–H groups in total. The van der Waals surface area contributed by atoms with Crippen LogP contribution in [0.15, 0.2) is 48.5 Å². The molecule has 2 amide bonds. The van der Waals surface area contributed by atoms with Gasteiger partial charge in [0, 0.05) is 12.6 Å². The van der Waals surface area contributed by atoms with E-state index in [4.69, 9.17) is 0 Å². The zero-order valence-corrected chi connectivity index (χ0v) is 17.5. The Kier molecular flexibility index (Phi) is 6.16. The zero-order valence-electron chi connectivity index (χ0n) is 17.5. The normalized spacial score (nSPS) is 21.1. The van der Waals surface area contributed by atoms with Crippen molar-refractivity contribution in [2.45, 2.75) is 64.1 Å². The summed E-state index contributed by atoms with van der Waals surface area (Å²) in [4.78, 5) is 30.4. The van der Waals surface area contributed by atoms with Gasteiger partial charge in [0.15, 0.2) is 0 Å². The molecule has 1 saturated heterocycles. The van der Waals surface area contributed by atoms with Gasteiger partial charge in [0.1, 0.15) is 18.4 Å². The molecule has 4 rings (SSSR count). The third kappa shape index (κ3) is 4.40. The molecule has 1 saturated carbocycles. The van der Waals surface area contributed by atoms with Gasteiger partial charge >= 0.3 is 0 Å². The molecule has 5 heteroatoms. The maximum Gasteiger partial charge on any atom is 0.250 e. The Balaban J connectivity index is 1.66. The first kappa shape index (κ1) is 20.6. The van der Waals surface area contributed by atoms with Crippen LogP contribution in [0, 0.1) is 12.7 Å². The van der Waals surface area contributed by atoms with E-state index < -0.39 is 6.04 Å². The number of piperazine rings is 1. The first-order valence-electron chi connectivity index (χ1n) is 10.9. The zero-order chi connectivity index (χ0) is 21.1. The molecule has 158 valence electrons. The molecule has 0 radical (unpaired) electrons. The highest BCUT2D eigenvalue weighted by Crippen LogP contribution is 2.33. The van der Waals surface area contributed by atoms with Crippen molar-refractivity contribution >= 4 is 11.8 Å². The number of halogens is 1. The highest BCUT2D eigenvalue weighted by Gasteiger charge is 2.42. The summed E-state index contributed by atoms with van der Waals surface area (Å²) >= 11 is 0. The largest absolute Gasteiger partial charge is 0.328 e. The molecule has 0 spiro atoms. The average Bonchev–Trinajstić information content (AvgIpc) is 3.02. The maximum atomic E-state index is 13.7. The molecule has 2 aromatic carbocycles. The van der Waals surface area contributed by atoms with Gasteiger partial charge in [-0.1, -0.05) is 67.6 Å². The topological polar surface area (TPSA) is 40.6 Å². The summed E-state index contributed by atoms with van der Waals surface area (Å²) in [5, 5.41) is 0. The summed E-state index contributed by atoms with van der Waals surface area (Å²) in [6.07, 6.45) is 6.47. The van der Waals surface area contributed by atoms with Crippen molar-refractivity contribution in [1.29, 1.82) is 0 Å². The van der Waals surface area contributed by atoms with Crippen molar-refractivity contribution in [2.24, 2.45) is 0 Å². The number of amides is 2. The molecule has 0 unspecified atom stereocenters. The van der Waals surface area contributed by atoms with Crippen LogP contribution in [0.5, 0.6) is 0 Å². The van der Waals surface area contributed by atoms with Gasteiger partial charge in [0.2, 0.25) is 5.91 Å². The van der Waals surface area contributed by atoms with E-state index in [0.717, 1.165) is 36.8 Å². The summed E-state index contributed by atoms with van der Waals surface area (Å²) in [5.74, 6) is -0.437. The lowest BCUT2D eigenvalue weighted by Crippen LogP contribution is -2.57. The van der Waals surface area contributed by atoms with Gasteiger partial charge in [-0.05, 0) is 43.0 Å². The minimum Gasteiger partial charge on any atom is -0.328 e. The molecule has 2 aromatic rings. The SMILES string of the molecule is Cc1ccc(CN2C(=O)CN(C3CCCCCC3)C(=O)[C@@H]2c2ccc(F)cc2)cc1. The van der Waals surface area contributed by atoms with Crippen molar-refractivity contribution in [3.05, 3.63) is 71.0 Å². The van der Waals surface area contributed by atoms with Gasteiger partial charge < -0.3 is 9.80 Å². The van der Waals surface area contributed by atoms with E-state index in [1.54, 1.807) is 21.9 Å². The van der Waals surface area contributed by atoms with Crippen LogP contribution in [0.2, 0.25) is 0 Å². The summed E-state index contributed by atoms with van der Waals surface area (Å²) in [6, 6.07) is 13.4. The van der Waals surface area contributed by atoms with E-state index in [1.165, 1.54) is 25.0 Å². The third-order valence-corrected chi connectivity index (χ3v) is 6.38. The molecule has 30 heavy (non-hydrogen) atoms. The lowest BCUT2D eigenvalue weighted by Gasteiger charge is -2.43. The summed E-state index contributed by atoms with van der Waals surface area (Å²) in [7, 11) is 0. The Morgan fingerprint density at radius 1 is 0.900 bits per heavy atom. The highest BCUT2D eigenvalue weighted by molar-refractivity contribution is 5.95. The second-order valence-electron chi connectivity index (χ2n) is 8.57. The number of rotatable bonds is 4. The summed E-state index contributed by atoms with van der Waals surface area (Å²) in [5.41, 5.74) is 2.80. The Hall–Kier alpha value is -2.69. The van der Waals surface area contributed by atoms with Crippen molar-refractivity contribution in [1.82, 2.24) is 9.80 Å². The lowest BCUT2D eigenvalue weighted by molar-refractivity contribution is -0.159. The Morgan fingerprint density at radius 3 is 2.17 bits per heavy atom. The van der Waals surface area contributed by atoms with E-state index in [0.29, 0.717) is 12.1 Å². The second-order valence-corrected chi connectivity index (χ2v) is 8.57. The number of hydrogen-bond acceptors (Lipinski definition) is 2. The number of carbonyl (C=O) groups excluding carboxylic acids is 2. The molecule has 0 bridgehead atoms. The Morgan fingerprint density at radius 2 is 1.53 bits per heavy atom. The van der Waals surface area contributed by atoms with E-state index in [2.05, 4.69) is 0 Å². The fraction of sp³-hybridized carbons (Fsp3) is 0.440. The first-order valence-corrected chi connectivity index (χ1v) is 10.9. The third-order valence-electron chi connectivity index (χ3n) is 6.38. The first-order chi connectivity index (χ1) is 14.5. The monoisotopic (exact) mass is 408 g/mol. The standard InChI is InChI=1S/C25H29FN2O2/c1-18-8-10-19(11-9-18)16-28-23(29)17-27(22-6-4-2-3-5-7-22)25(30)24(28)20-12-14-21(26)15-13-20/h8-15,22,24H,2-7,16-17H2,1H3/t24-/m0/s1. The van der Waals surface area contributed by atoms with Crippen LogP contribution >= 0.6 is 0 Å². The van der Waals surface area contributed by atoms with Crippen LogP contribution in [-0.2, 0) is 16.1 Å². The van der Waals surface area contributed by atoms with Crippen LogP contribution in [0.1, 0.15) is 61.3 Å². The molecule has 1 atom stereocenters. The van der Waals surface area contributed by atoms with Crippen LogP contribution in [0.3, 0.4) is 0 Å². The van der Waals surface area contributed by atoms with Gasteiger partial charge in [-0.2, -0.15) is 0 Å². The fourth-order valence-electron chi connectivity index (χ4n) is 4.66. The van der Waals surface area contributed by atoms with E-state index in [-0.39, 0.29) is 30.2 Å². The van der Waals surface area contributed by atoms with Gasteiger partial charge in [-0.3, -0.25) is 9.59 Å². The van der Waals surface area contributed by atoms with Gasteiger partial charge in [-0.15, -0.1) is 0 Å². The molecule has 2 aliphatic rings. The number of carbonyl (C=O) groups is 2. The van der Waals surface area contributed by atoms with Crippen molar-refractivity contribution < 1.29 is 14.0 Å². The van der Waals surface area contributed by atoms with E-state index in [1.807, 2.05) is 31.2 Å². The molecule has 4 nitrogen and oxygen atoms in total. The second kappa shape index (κ2) is 8.99. The number of hydrogen-bond donors (Lipinski definition) is 0. The minimum absolute atomic E-state index is 0.0415. The van der Waals surface area contributed by atoms with Crippen molar-refractivity contribution in [3.63, 3.8) is 0 Å². The maximum absolute atomic E-state index is 13.7. The predicted molar refractivity (Wildman–Crippen MR) is 114 cm³/mol. The number of nitrogens with zero attached hydrogens (tertiary/aromatic N) is 2. The van der Waals surface area contributed by atoms with E-state index >= 15 is 0 Å². The fourth-order valence-corrected chi connectivity index (χ4v) is 4.66. The van der Waals surface area contributed by atoms with Crippen molar-refractivity contribution in [3.8, 4) is 0 Å². The van der Waals surface area contributed by atoms with Crippen LogP contribution in [-0.4, -0.2) is 34.2 Å². The van der Waals surface area contributed by atoms with Gasteiger partial charge in [-0.25, -0.2) is 4.39 Å². The van der Waals surface area contributed by atoms with Crippen molar-refractivity contribution in [2.75, 3.05) is 6.54 Å². The molecule has 1 heterocycles. The smallest absolute Gasteiger partial charge is 0.250 e. The minimum atomic E-state index is -0.712. The Bertz CT molecular complexity index is 886. The molecule has 1 aliphatic carbocycles. The number of aryl methyl sites for hydroxylation is 1. The summed E-state index contributed by atoms with van der Waals surface area (Å²) < 4.78 is 13.5. The molecular formula is C25H29FN2O2. The van der Waals surface area contributed by atoms with Crippen LogP contribution in [0.4, 0.5) is 4.39 Å². The highest BCUT2D eigenvalue weighted by atomic mass is 19.1. The summed E-state index contributed by atoms with van der Waals surface area (Å²) in [6.45, 7) is 2.52. The average molecular weight is 409 g/mol.